The lowest BCUT2D eigenvalue weighted by atomic mass is 9.79. The van der Waals surface area contributed by atoms with Crippen LogP contribution in [0, 0.1) is 11.8 Å². The first kappa shape index (κ1) is 24.7. The lowest BCUT2D eigenvalue weighted by Crippen LogP contribution is -2.48. The van der Waals surface area contributed by atoms with Gasteiger partial charge in [-0.15, -0.1) is 0 Å². The molecule has 0 spiro atoms. The molecule has 180 valence electrons. The monoisotopic (exact) mass is 452 g/mol. The second-order valence-electron chi connectivity index (χ2n) is 10.1. The predicted molar refractivity (Wildman–Crippen MR) is 114 cm³/mol. The summed E-state index contributed by atoms with van der Waals surface area (Å²) in [5.74, 6) is -1.99. The Bertz CT molecular complexity index is 778. The lowest BCUT2D eigenvalue weighted by Gasteiger charge is -2.38. The molecule has 1 unspecified atom stereocenters. The largest absolute Gasteiger partial charge is 0.458 e. The molecule has 1 N–H and O–H groups in total. The number of hydrogen-bond acceptors (Lipinski definition) is 8. The van der Waals surface area contributed by atoms with Gasteiger partial charge in [-0.1, -0.05) is 13.5 Å². The van der Waals surface area contributed by atoms with E-state index in [0.717, 1.165) is 0 Å². The molecule has 3 aliphatic heterocycles. The van der Waals surface area contributed by atoms with Crippen LogP contribution in [-0.4, -0.2) is 58.6 Å². The molecule has 3 heterocycles. The first-order valence-electron chi connectivity index (χ1n) is 11.5. The van der Waals surface area contributed by atoms with Crippen molar-refractivity contribution in [1.82, 2.24) is 0 Å². The van der Waals surface area contributed by atoms with Crippen LogP contribution in [0.3, 0.4) is 0 Å². The van der Waals surface area contributed by atoms with Crippen LogP contribution in [0.4, 0.5) is 0 Å². The summed E-state index contributed by atoms with van der Waals surface area (Å²) in [4.78, 5) is 36.1. The smallest absolute Gasteiger partial charge is 0.334 e. The van der Waals surface area contributed by atoms with Gasteiger partial charge in [0.1, 0.15) is 17.8 Å². The van der Waals surface area contributed by atoms with Gasteiger partial charge in [-0.25, -0.2) is 4.79 Å². The average molecular weight is 453 g/mol. The molecule has 0 amide bonds. The summed E-state index contributed by atoms with van der Waals surface area (Å²) in [5.41, 5.74) is -1.43. The normalized spacial score (nSPS) is 42.7. The van der Waals surface area contributed by atoms with Gasteiger partial charge in [-0.3, -0.25) is 9.59 Å². The second-order valence-corrected chi connectivity index (χ2v) is 10.1. The van der Waals surface area contributed by atoms with Crippen molar-refractivity contribution in [3.05, 3.63) is 12.2 Å². The van der Waals surface area contributed by atoms with Gasteiger partial charge in [-0.2, -0.15) is 0 Å². The van der Waals surface area contributed by atoms with Crippen molar-refractivity contribution in [2.24, 2.45) is 11.8 Å². The number of carbonyl (C=O) groups excluding carboxylic acids is 3. The van der Waals surface area contributed by atoms with Crippen molar-refractivity contribution in [1.29, 1.82) is 0 Å². The minimum absolute atomic E-state index is 0.127. The Balaban J connectivity index is 1.97. The summed E-state index contributed by atoms with van der Waals surface area (Å²) in [7, 11) is 0. The molecule has 0 aromatic carbocycles. The number of hydrogen-bond donors (Lipinski definition) is 1. The Morgan fingerprint density at radius 1 is 1.16 bits per heavy atom. The second kappa shape index (κ2) is 9.14. The summed E-state index contributed by atoms with van der Waals surface area (Å²) in [5, 5.41) is 11.2. The molecule has 0 radical (unpaired) electrons. The number of aliphatic hydroxyl groups is 1. The molecule has 0 aliphatic carbocycles. The van der Waals surface area contributed by atoms with Gasteiger partial charge in [0.15, 0.2) is 0 Å². The lowest BCUT2D eigenvalue weighted by molar-refractivity contribution is -0.191. The molecule has 0 aromatic heterocycles. The van der Waals surface area contributed by atoms with Crippen LogP contribution in [0.1, 0.15) is 73.1 Å². The highest BCUT2D eigenvalue weighted by Crippen LogP contribution is 2.45. The Morgan fingerprint density at radius 3 is 2.47 bits per heavy atom. The minimum atomic E-state index is -0.915. The Hall–Kier alpha value is -1.93. The average Bonchev–Trinajstić information content (AvgIpc) is 3.22. The maximum absolute atomic E-state index is 12.4. The maximum atomic E-state index is 12.4. The molecule has 3 saturated heterocycles. The predicted octanol–water partition coefficient (Wildman–Crippen LogP) is 2.85. The highest BCUT2D eigenvalue weighted by molar-refractivity contribution is 5.91. The Morgan fingerprint density at radius 2 is 1.84 bits per heavy atom. The zero-order valence-electron chi connectivity index (χ0n) is 19.7. The molecular formula is C24H36O8. The van der Waals surface area contributed by atoms with Gasteiger partial charge >= 0.3 is 17.9 Å². The van der Waals surface area contributed by atoms with Crippen LogP contribution < -0.4 is 0 Å². The number of aliphatic hydroxyl groups excluding tert-OH is 1. The summed E-state index contributed by atoms with van der Waals surface area (Å²) >= 11 is 0. The van der Waals surface area contributed by atoms with Crippen molar-refractivity contribution < 1.29 is 38.4 Å². The van der Waals surface area contributed by atoms with Crippen LogP contribution in [0.2, 0.25) is 0 Å². The van der Waals surface area contributed by atoms with E-state index in [1.165, 1.54) is 13.8 Å². The maximum Gasteiger partial charge on any atom is 0.334 e. The van der Waals surface area contributed by atoms with E-state index in [9.17, 15) is 19.5 Å². The van der Waals surface area contributed by atoms with Crippen LogP contribution in [0.15, 0.2) is 12.2 Å². The molecular weight excluding hydrogens is 416 g/mol. The van der Waals surface area contributed by atoms with Crippen molar-refractivity contribution in [2.45, 2.75) is 109 Å². The summed E-state index contributed by atoms with van der Waals surface area (Å²) in [6.45, 7) is 12.3. The molecule has 0 aromatic rings. The van der Waals surface area contributed by atoms with Gasteiger partial charge < -0.3 is 24.1 Å². The third-order valence-electron chi connectivity index (χ3n) is 7.42. The van der Waals surface area contributed by atoms with Gasteiger partial charge in [0, 0.05) is 25.3 Å². The van der Waals surface area contributed by atoms with Crippen molar-refractivity contribution in [2.75, 3.05) is 0 Å². The summed E-state index contributed by atoms with van der Waals surface area (Å²) in [6.07, 6.45) is 0.668. The van der Waals surface area contributed by atoms with Crippen LogP contribution >= 0.6 is 0 Å². The number of carbonyl (C=O) groups is 3. The van der Waals surface area contributed by atoms with Crippen molar-refractivity contribution in [3.63, 3.8) is 0 Å². The van der Waals surface area contributed by atoms with Crippen molar-refractivity contribution >= 4 is 17.9 Å². The van der Waals surface area contributed by atoms with Gasteiger partial charge in [-0.05, 0) is 58.3 Å². The van der Waals surface area contributed by atoms with E-state index in [4.69, 9.17) is 18.9 Å². The molecule has 3 aliphatic rings. The van der Waals surface area contributed by atoms with Gasteiger partial charge in [0.25, 0.3) is 0 Å². The van der Waals surface area contributed by atoms with E-state index < -0.39 is 47.4 Å². The SMILES string of the molecule is C=C1C(=O)O[C@H]2[C@H](OC(C)=O)[C@@H](C)CCC[C@](C)(OC(C)=O)[C@H]3CCC(C)(O3)[C@H](O)C[C@@H]12. The van der Waals surface area contributed by atoms with Crippen molar-refractivity contribution in [3.8, 4) is 0 Å². The zero-order chi connectivity index (χ0) is 23.8. The number of esters is 3. The summed E-state index contributed by atoms with van der Waals surface area (Å²) < 4.78 is 23.3. The summed E-state index contributed by atoms with van der Waals surface area (Å²) in [6, 6.07) is 0. The first-order chi connectivity index (χ1) is 14.9. The van der Waals surface area contributed by atoms with E-state index in [0.29, 0.717) is 32.1 Å². The number of fused-ring (bicyclic) bond motifs is 3. The first-order valence-corrected chi connectivity index (χ1v) is 11.5. The Labute approximate surface area is 189 Å². The fourth-order valence-electron chi connectivity index (χ4n) is 5.47. The fraction of sp³-hybridized carbons (Fsp3) is 0.792. The minimum Gasteiger partial charge on any atom is -0.458 e. The molecule has 3 rings (SSSR count). The van der Waals surface area contributed by atoms with Gasteiger partial charge in [0.05, 0.1) is 17.8 Å². The fourth-order valence-corrected chi connectivity index (χ4v) is 5.47. The third-order valence-corrected chi connectivity index (χ3v) is 7.42. The molecule has 0 saturated carbocycles. The van der Waals surface area contributed by atoms with E-state index in [1.54, 1.807) is 0 Å². The Kier molecular flexibility index (Phi) is 7.05. The molecule has 8 nitrogen and oxygen atoms in total. The van der Waals surface area contributed by atoms with Crippen LogP contribution in [0.25, 0.3) is 0 Å². The zero-order valence-corrected chi connectivity index (χ0v) is 19.7. The molecule has 8 atom stereocenters. The molecule has 32 heavy (non-hydrogen) atoms. The highest BCUT2D eigenvalue weighted by Gasteiger charge is 2.53. The topological polar surface area (TPSA) is 108 Å². The number of rotatable bonds is 2. The van der Waals surface area contributed by atoms with Gasteiger partial charge in [0.2, 0.25) is 0 Å². The van der Waals surface area contributed by atoms with E-state index >= 15 is 0 Å². The van der Waals surface area contributed by atoms with E-state index in [2.05, 4.69) is 6.58 Å². The van der Waals surface area contributed by atoms with E-state index in [1.807, 2.05) is 20.8 Å². The quantitative estimate of drug-likeness (QED) is 0.387. The van der Waals surface area contributed by atoms with Crippen LogP contribution in [-0.2, 0) is 33.3 Å². The highest BCUT2D eigenvalue weighted by atomic mass is 16.6. The number of ether oxygens (including phenoxy) is 4. The molecule has 3 fully saturated rings. The van der Waals surface area contributed by atoms with E-state index in [-0.39, 0.29) is 30.0 Å². The van der Waals surface area contributed by atoms with Crippen LogP contribution in [0.5, 0.6) is 0 Å². The third kappa shape index (κ3) is 4.86. The molecule has 8 heteroatoms. The standard InChI is InChI=1S/C24H36O8/c1-13-8-7-10-24(6,31-16(4)26)19-9-11-23(5,32-19)18(27)12-17-14(2)22(28)30-21(17)20(13)29-15(3)25/h13,17-21,27H,2,7-12H2,1,3-6H3/t13-,17-,18+,19+,20+,21+,23?,24-/m0/s1. The molecule has 2 bridgehead atoms.